The largest absolute Gasteiger partial charge is 0.428 e. The number of aromatic nitrogens is 4. The molecule has 2 N–H and O–H groups in total. The number of likely N-dealkylation sites (tertiary alicyclic amines) is 1. The van der Waals surface area contributed by atoms with Crippen molar-refractivity contribution in [2.75, 3.05) is 11.9 Å². The molecule has 1 unspecified atom stereocenters. The van der Waals surface area contributed by atoms with E-state index < -0.39 is 0 Å². The van der Waals surface area contributed by atoms with Crippen LogP contribution in [0.3, 0.4) is 0 Å². The van der Waals surface area contributed by atoms with Crippen LogP contribution >= 0.6 is 0 Å². The number of nitrogens with one attached hydrogen (secondary N) is 2. The van der Waals surface area contributed by atoms with E-state index in [1.807, 2.05) is 60.3 Å². The van der Waals surface area contributed by atoms with Crippen molar-refractivity contribution in [2.24, 2.45) is 0 Å². The van der Waals surface area contributed by atoms with E-state index in [0.717, 1.165) is 18.5 Å². The minimum Gasteiger partial charge on any atom is -0.322 e. The Balaban J connectivity index is 1.63. The Bertz CT molecular complexity index is 1030. The molecular formula is C21H25N6O2+. The van der Waals surface area contributed by atoms with Crippen molar-refractivity contribution >= 4 is 17.6 Å². The summed E-state index contributed by atoms with van der Waals surface area (Å²) in [6, 6.07) is 11.0. The van der Waals surface area contributed by atoms with Gasteiger partial charge >= 0.3 is 11.9 Å². The van der Waals surface area contributed by atoms with E-state index in [9.17, 15) is 9.59 Å². The van der Waals surface area contributed by atoms with Crippen molar-refractivity contribution in [1.82, 2.24) is 19.7 Å². The molecule has 0 spiro atoms. The lowest BCUT2D eigenvalue weighted by Gasteiger charge is -2.32. The number of quaternary nitrogens is 1. The number of aromatic amines is 1. The molecule has 0 bridgehead atoms. The maximum Gasteiger partial charge on any atom is 0.428 e. The fourth-order valence-electron chi connectivity index (χ4n) is 4.12. The Morgan fingerprint density at radius 2 is 2.00 bits per heavy atom. The first-order valence-electron chi connectivity index (χ1n) is 9.83. The van der Waals surface area contributed by atoms with Crippen molar-refractivity contribution in [1.29, 1.82) is 0 Å². The second-order valence-electron chi connectivity index (χ2n) is 7.53. The molecule has 1 saturated heterocycles. The highest BCUT2D eigenvalue weighted by Gasteiger charge is 2.52. The Labute approximate surface area is 169 Å². The van der Waals surface area contributed by atoms with Crippen molar-refractivity contribution in [2.45, 2.75) is 39.2 Å². The summed E-state index contributed by atoms with van der Waals surface area (Å²) in [5, 5.41) is 9.86. The predicted molar refractivity (Wildman–Crippen MR) is 108 cm³/mol. The van der Waals surface area contributed by atoms with Crippen LogP contribution in [0, 0.1) is 6.92 Å². The van der Waals surface area contributed by atoms with E-state index in [1.54, 1.807) is 6.92 Å². The van der Waals surface area contributed by atoms with Gasteiger partial charge in [0.15, 0.2) is 5.82 Å². The van der Waals surface area contributed by atoms with Crippen molar-refractivity contribution in [3.05, 3.63) is 60.4 Å². The first-order valence-corrected chi connectivity index (χ1v) is 9.83. The maximum absolute atomic E-state index is 13.5. The number of urea groups is 1. The minimum absolute atomic E-state index is 0.0291. The van der Waals surface area contributed by atoms with Crippen molar-refractivity contribution in [3.8, 4) is 5.69 Å². The molecule has 0 saturated carbocycles. The molecule has 1 aliphatic heterocycles. The van der Waals surface area contributed by atoms with Crippen molar-refractivity contribution < 1.29 is 14.1 Å². The molecule has 8 heteroatoms. The number of imide groups is 1. The van der Waals surface area contributed by atoms with Gasteiger partial charge in [-0.05, 0) is 38.1 Å². The number of benzene rings is 1. The Morgan fingerprint density at radius 3 is 2.66 bits per heavy atom. The summed E-state index contributed by atoms with van der Waals surface area (Å²) < 4.78 is 1.71. The number of hydrogen-bond acceptors (Lipinski definition) is 4. The number of hydrogen-bond donors (Lipinski definition) is 2. The molecule has 150 valence electrons. The fourth-order valence-corrected chi connectivity index (χ4v) is 4.12. The number of carbonyl (C=O) groups excluding carboxylic acids is 2. The zero-order valence-electron chi connectivity index (χ0n) is 16.6. The molecule has 2 atom stereocenters. The van der Waals surface area contributed by atoms with Gasteiger partial charge in [0.1, 0.15) is 18.3 Å². The van der Waals surface area contributed by atoms with Gasteiger partial charge in [0.2, 0.25) is 0 Å². The van der Waals surface area contributed by atoms with Crippen LogP contribution in [0.1, 0.15) is 31.4 Å². The molecule has 8 nitrogen and oxygen atoms in total. The normalized spacial score (nSPS) is 21.2. The van der Waals surface area contributed by atoms with Gasteiger partial charge in [0.05, 0.1) is 17.9 Å². The van der Waals surface area contributed by atoms with Gasteiger partial charge in [-0.25, -0.2) is 14.6 Å². The minimum atomic E-state index is -0.299. The third-order valence-electron chi connectivity index (χ3n) is 5.67. The first-order chi connectivity index (χ1) is 14.0. The molecule has 2 aromatic heterocycles. The summed E-state index contributed by atoms with van der Waals surface area (Å²) in [6.07, 6.45) is 5.52. The van der Waals surface area contributed by atoms with E-state index in [0.29, 0.717) is 23.9 Å². The highest BCUT2D eigenvalue weighted by Crippen LogP contribution is 2.31. The molecular weight excluding hydrogens is 368 g/mol. The monoisotopic (exact) mass is 393 g/mol. The molecule has 29 heavy (non-hydrogen) atoms. The van der Waals surface area contributed by atoms with Gasteiger partial charge < -0.3 is 4.57 Å². The van der Waals surface area contributed by atoms with Gasteiger partial charge in [-0.1, -0.05) is 12.1 Å². The summed E-state index contributed by atoms with van der Waals surface area (Å²) >= 11 is 0. The lowest BCUT2D eigenvalue weighted by Crippen LogP contribution is -2.61. The summed E-state index contributed by atoms with van der Waals surface area (Å²) in [4.78, 5) is 31.0. The molecule has 1 aromatic carbocycles. The first kappa shape index (κ1) is 19.1. The highest BCUT2D eigenvalue weighted by atomic mass is 16.2. The van der Waals surface area contributed by atoms with Crippen molar-refractivity contribution in [3.63, 3.8) is 0 Å². The molecule has 4 rings (SSSR count). The zero-order chi connectivity index (χ0) is 20.4. The maximum atomic E-state index is 13.5. The van der Waals surface area contributed by atoms with E-state index in [1.165, 1.54) is 0 Å². The van der Waals surface area contributed by atoms with E-state index in [4.69, 9.17) is 0 Å². The Kier molecular flexibility index (Phi) is 5.02. The molecule has 3 aromatic rings. The van der Waals surface area contributed by atoms with E-state index in [2.05, 4.69) is 20.5 Å². The van der Waals surface area contributed by atoms with Crippen LogP contribution in [0.15, 0.2) is 48.8 Å². The number of H-pyrrole nitrogens is 1. The second kappa shape index (κ2) is 7.63. The van der Waals surface area contributed by atoms with Crippen LogP contribution in [0.5, 0.6) is 0 Å². The number of carbonyl (C=O) groups is 2. The van der Waals surface area contributed by atoms with Crippen LogP contribution < -0.4 is 5.32 Å². The number of amides is 3. The van der Waals surface area contributed by atoms with Crippen LogP contribution in [0.25, 0.3) is 5.69 Å². The van der Waals surface area contributed by atoms with E-state index >= 15 is 0 Å². The van der Waals surface area contributed by atoms with Gasteiger partial charge in [-0.2, -0.15) is 9.58 Å². The molecule has 1 fully saturated rings. The van der Waals surface area contributed by atoms with Crippen LogP contribution in [0.2, 0.25) is 0 Å². The second-order valence-corrected chi connectivity index (χ2v) is 7.53. The molecule has 3 amide bonds. The van der Waals surface area contributed by atoms with Crippen LogP contribution in [-0.4, -0.2) is 48.8 Å². The number of aryl methyl sites for hydroxylation is 1. The number of anilines is 1. The number of para-hydroxylation sites is 2. The quantitative estimate of drug-likeness (QED) is 0.666. The predicted octanol–water partition coefficient (Wildman–Crippen LogP) is 3.20. The van der Waals surface area contributed by atoms with Gasteiger partial charge in [0.25, 0.3) is 0 Å². The fraction of sp³-hybridized carbons (Fsp3) is 0.333. The third-order valence-corrected chi connectivity index (χ3v) is 5.67. The molecule has 3 heterocycles. The Morgan fingerprint density at radius 1 is 1.24 bits per heavy atom. The number of nitrogens with zero attached hydrogens (tertiary/aromatic N) is 4. The third kappa shape index (κ3) is 3.47. The SMILES string of the molecule is Cc1nc(CC(=O)[N+]2(C(=O)Nc3ccccc3-n3cccc3)CCC[C@H]2C)n[nH]1. The van der Waals surface area contributed by atoms with Gasteiger partial charge in [0, 0.05) is 25.2 Å². The van der Waals surface area contributed by atoms with Gasteiger partial charge in [-0.3, -0.25) is 10.4 Å². The van der Waals surface area contributed by atoms with Crippen LogP contribution in [-0.2, 0) is 11.2 Å². The lowest BCUT2D eigenvalue weighted by molar-refractivity contribution is -0.782. The lowest BCUT2D eigenvalue weighted by atomic mass is 10.2. The Hall–Kier alpha value is -3.26. The topological polar surface area (TPSA) is 92.7 Å². The average Bonchev–Trinajstić information content (AvgIpc) is 3.44. The molecule has 0 radical (unpaired) electrons. The average molecular weight is 393 g/mol. The summed E-state index contributed by atoms with van der Waals surface area (Å²) in [6.45, 7) is 4.24. The summed E-state index contributed by atoms with van der Waals surface area (Å²) in [5.41, 5.74) is 1.53. The number of rotatable bonds is 4. The highest BCUT2D eigenvalue weighted by molar-refractivity contribution is 5.94. The summed E-state index contributed by atoms with van der Waals surface area (Å²) in [7, 11) is 0. The van der Waals surface area contributed by atoms with Gasteiger partial charge in [-0.15, -0.1) is 0 Å². The van der Waals surface area contributed by atoms with E-state index in [-0.39, 0.29) is 28.9 Å². The van der Waals surface area contributed by atoms with Crippen LogP contribution in [0.4, 0.5) is 10.5 Å². The zero-order valence-corrected chi connectivity index (χ0v) is 16.6. The molecule has 0 aliphatic carbocycles. The molecule has 1 aliphatic rings. The summed E-state index contributed by atoms with van der Waals surface area (Å²) in [5.74, 6) is 0.897. The smallest absolute Gasteiger partial charge is 0.322 e. The standard InChI is InChI=1S/C21H24N6O2/c1-15-8-7-13-27(15,20(28)14-19-22-16(2)24-25-19)21(29)23-17-9-3-4-10-18(17)26-11-5-6-12-26/h3-6,9-12,15H,7-8,13-14H2,1-2H3,(H-,22,23,24,25,29)/p+1/t15-,27?/m1/s1.